The molecule has 0 bridgehead atoms. The molecule has 18 heavy (non-hydrogen) atoms. The molecule has 0 amide bonds. The van der Waals surface area contributed by atoms with Crippen LogP contribution in [0.3, 0.4) is 0 Å². The number of hydrogen-bond donors (Lipinski definition) is 2. The van der Waals surface area contributed by atoms with E-state index < -0.39 is 0 Å². The minimum atomic E-state index is -0.00347. The van der Waals surface area contributed by atoms with E-state index in [1.54, 1.807) is 6.20 Å². The summed E-state index contributed by atoms with van der Waals surface area (Å²) in [6.45, 7) is 5.76. The third kappa shape index (κ3) is 1.85. The average molecular weight is 244 g/mol. The maximum atomic E-state index is 7.72. The monoisotopic (exact) mass is 244 g/mol. The van der Waals surface area contributed by atoms with Crippen molar-refractivity contribution >= 4 is 5.84 Å². The molecule has 0 atom stereocenters. The molecule has 0 spiro atoms. The fraction of sp³-hybridized carbons (Fsp3) is 0.333. The smallest absolute Gasteiger partial charge is 0.172 e. The number of hydrogen-bond acceptors (Lipinski definition) is 4. The zero-order valence-electron chi connectivity index (χ0n) is 10.7. The molecule has 0 aliphatic rings. The molecule has 0 aliphatic heterocycles. The third-order valence-corrected chi connectivity index (χ3v) is 2.97. The second kappa shape index (κ2) is 4.56. The van der Waals surface area contributed by atoms with Gasteiger partial charge in [-0.05, 0) is 19.4 Å². The second-order valence-electron chi connectivity index (χ2n) is 4.09. The first-order valence-electron chi connectivity index (χ1n) is 5.77. The van der Waals surface area contributed by atoms with Gasteiger partial charge in [-0.2, -0.15) is 5.10 Å². The van der Waals surface area contributed by atoms with Crippen molar-refractivity contribution in [3.63, 3.8) is 0 Å². The molecule has 0 radical (unpaired) electrons. The van der Waals surface area contributed by atoms with Crippen LogP contribution < -0.4 is 5.73 Å². The quantitative estimate of drug-likeness (QED) is 0.625. The lowest BCUT2D eigenvalue weighted by Gasteiger charge is -2.13. The van der Waals surface area contributed by atoms with E-state index in [0.717, 1.165) is 23.5 Å². The van der Waals surface area contributed by atoms with Crippen LogP contribution in [0.4, 0.5) is 0 Å². The first kappa shape index (κ1) is 12.2. The summed E-state index contributed by atoms with van der Waals surface area (Å²) in [7, 11) is 0. The molecule has 3 N–H and O–H groups in total. The Morgan fingerprint density at radius 2 is 2.11 bits per heavy atom. The number of aryl methyl sites for hydroxylation is 2. The zero-order chi connectivity index (χ0) is 13.3. The number of nitrogens with one attached hydrogen (secondary N) is 1. The maximum Gasteiger partial charge on any atom is 0.172 e. The first-order chi connectivity index (χ1) is 8.56. The SMILES string of the molecule is CCc1nccn1-c1nnc(C)c(C)c1C(=N)N. The normalized spacial score (nSPS) is 10.6. The summed E-state index contributed by atoms with van der Waals surface area (Å²) >= 11 is 0. The Kier molecular flexibility index (Phi) is 3.10. The molecule has 2 rings (SSSR count). The van der Waals surface area contributed by atoms with Crippen LogP contribution in [0.25, 0.3) is 5.82 Å². The summed E-state index contributed by atoms with van der Waals surface area (Å²) in [6.07, 6.45) is 4.29. The minimum absolute atomic E-state index is 0.00347. The van der Waals surface area contributed by atoms with Crippen molar-refractivity contribution in [1.82, 2.24) is 19.7 Å². The van der Waals surface area contributed by atoms with Gasteiger partial charge >= 0.3 is 0 Å². The van der Waals surface area contributed by atoms with Crippen molar-refractivity contribution in [1.29, 1.82) is 5.41 Å². The third-order valence-electron chi connectivity index (χ3n) is 2.97. The summed E-state index contributed by atoms with van der Waals surface area (Å²) in [5.74, 6) is 1.44. The Morgan fingerprint density at radius 1 is 1.39 bits per heavy atom. The van der Waals surface area contributed by atoms with Crippen molar-refractivity contribution in [2.75, 3.05) is 0 Å². The van der Waals surface area contributed by atoms with E-state index in [1.165, 1.54) is 0 Å². The van der Waals surface area contributed by atoms with Crippen LogP contribution in [0, 0.1) is 19.3 Å². The molecule has 0 fully saturated rings. The number of imidazole rings is 1. The summed E-state index contributed by atoms with van der Waals surface area (Å²) in [4.78, 5) is 4.25. The number of aromatic nitrogens is 4. The Balaban J connectivity index is 2.72. The van der Waals surface area contributed by atoms with E-state index in [1.807, 2.05) is 31.5 Å². The number of amidine groups is 1. The predicted molar refractivity (Wildman–Crippen MR) is 69.0 cm³/mol. The van der Waals surface area contributed by atoms with Gasteiger partial charge in [0.25, 0.3) is 0 Å². The van der Waals surface area contributed by atoms with Crippen LogP contribution in [-0.2, 0) is 6.42 Å². The average Bonchev–Trinajstić information content (AvgIpc) is 2.79. The van der Waals surface area contributed by atoms with E-state index >= 15 is 0 Å². The highest BCUT2D eigenvalue weighted by molar-refractivity contribution is 5.99. The Labute approximate surface area is 105 Å². The molecule has 0 aliphatic carbocycles. The van der Waals surface area contributed by atoms with Crippen LogP contribution in [0.5, 0.6) is 0 Å². The molecule has 2 aromatic heterocycles. The van der Waals surface area contributed by atoms with Crippen molar-refractivity contribution in [3.05, 3.63) is 35.0 Å². The molecule has 94 valence electrons. The van der Waals surface area contributed by atoms with E-state index in [-0.39, 0.29) is 5.84 Å². The van der Waals surface area contributed by atoms with Crippen molar-refractivity contribution in [2.45, 2.75) is 27.2 Å². The van der Waals surface area contributed by atoms with Gasteiger partial charge in [0, 0.05) is 18.8 Å². The van der Waals surface area contributed by atoms with Crippen LogP contribution in [0.15, 0.2) is 12.4 Å². The van der Waals surface area contributed by atoms with Crippen molar-refractivity contribution in [2.24, 2.45) is 5.73 Å². The molecular formula is C12H16N6. The minimum Gasteiger partial charge on any atom is -0.384 e. The van der Waals surface area contributed by atoms with Gasteiger partial charge in [0.1, 0.15) is 11.7 Å². The molecule has 6 nitrogen and oxygen atoms in total. The van der Waals surface area contributed by atoms with Gasteiger partial charge in [0.15, 0.2) is 5.82 Å². The van der Waals surface area contributed by atoms with Crippen LogP contribution in [0.1, 0.15) is 29.6 Å². The first-order valence-corrected chi connectivity index (χ1v) is 5.77. The van der Waals surface area contributed by atoms with Gasteiger partial charge in [-0.3, -0.25) is 9.98 Å². The summed E-state index contributed by atoms with van der Waals surface area (Å²) < 4.78 is 1.83. The highest BCUT2D eigenvalue weighted by atomic mass is 15.2. The Morgan fingerprint density at radius 3 is 2.72 bits per heavy atom. The molecule has 0 unspecified atom stereocenters. The number of nitrogens with zero attached hydrogens (tertiary/aromatic N) is 4. The fourth-order valence-electron chi connectivity index (χ4n) is 1.88. The molecule has 2 aromatic rings. The lowest BCUT2D eigenvalue weighted by molar-refractivity contribution is 0.821. The van der Waals surface area contributed by atoms with Crippen molar-refractivity contribution < 1.29 is 0 Å². The van der Waals surface area contributed by atoms with E-state index in [2.05, 4.69) is 15.2 Å². The van der Waals surface area contributed by atoms with Gasteiger partial charge in [-0.25, -0.2) is 4.98 Å². The molecule has 6 heteroatoms. The highest BCUT2D eigenvalue weighted by Gasteiger charge is 2.16. The summed E-state index contributed by atoms with van der Waals surface area (Å²) in [5.41, 5.74) is 7.94. The molecule has 2 heterocycles. The van der Waals surface area contributed by atoms with Gasteiger partial charge in [-0.1, -0.05) is 6.92 Å². The molecular weight excluding hydrogens is 228 g/mol. The van der Waals surface area contributed by atoms with Gasteiger partial charge in [0.05, 0.1) is 11.3 Å². The summed E-state index contributed by atoms with van der Waals surface area (Å²) in [5, 5.41) is 16.0. The van der Waals surface area contributed by atoms with Crippen molar-refractivity contribution in [3.8, 4) is 5.82 Å². The zero-order valence-corrected chi connectivity index (χ0v) is 10.7. The van der Waals surface area contributed by atoms with Gasteiger partial charge < -0.3 is 5.73 Å². The number of nitrogens with two attached hydrogens (primary N) is 1. The molecule has 0 saturated heterocycles. The van der Waals surface area contributed by atoms with E-state index in [0.29, 0.717) is 11.4 Å². The van der Waals surface area contributed by atoms with E-state index in [4.69, 9.17) is 11.1 Å². The molecule has 0 saturated carbocycles. The van der Waals surface area contributed by atoms with Gasteiger partial charge in [-0.15, -0.1) is 5.10 Å². The Bertz CT molecular complexity index is 599. The topological polar surface area (TPSA) is 93.5 Å². The fourth-order valence-corrected chi connectivity index (χ4v) is 1.88. The Hall–Kier alpha value is -2.24. The largest absolute Gasteiger partial charge is 0.384 e. The van der Waals surface area contributed by atoms with Crippen LogP contribution in [-0.4, -0.2) is 25.6 Å². The van der Waals surface area contributed by atoms with Gasteiger partial charge in [0.2, 0.25) is 0 Å². The number of rotatable bonds is 3. The van der Waals surface area contributed by atoms with E-state index in [9.17, 15) is 0 Å². The van der Waals surface area contributed by atoms with Crippen LogP contribution >= 0.6 is 0 Å². The lowest BCUT2D eigenvalue weighted by atomic mass is 10.1. The standard InChI is InChI=1S/C12H16N6/c1-4-9-15-5-6-18(9)12-10(11(13)14)7(2)8(3)16-17-12/h5-6H,4H2,1-3H3,(H3,13,14). The molecule has 0 aromatic carbocycles. The predicted octanol–water partition coefficient (Wildman–Crippen LogP) is 1.13. The number of nitrogen functional groups attached to an aromatic ring is 1. The van der Waals surface area contributed by atoms with Crippen LogP contribution in [0.2, 0.25) is 0 Å². The highest BCUT2D eigenvalue weighted by Crippen LogP contribution is 2.18. The second-order valence-corrected chi connectivity index (χ2v) is 4.09. The maximum absolute atomic E-state index is 7.72. The summed E-state index contributed by atoms with van der Waals surface area (Å²) in [6, 6.07) is 0. The lowest BCUT2D eigenvalue weighted by Crippen LogP contribution is -2.20.